The van der Waals surface area contributed by atoms with Crippen molar-refractivity contribution < 1.29 is 8.42 Å². The number of rotatable bonds is 5. The number of aryl methyl sites for hydroxylation is 1. The molecule has 1 aliphatic rings. The lowest BCUT2D eigenvalue weighted by molar-refractivity contribution is 0.412. The molecule has 0 amide bonds. The van der Waals surface area contributed by atoms with Crippen molar-refractivity contribution in [1.29, 1.82) is 0 Å². The minimum atomic E-state index is -3.48. The highest BCUT2D eigenvalue weighted by atomic mass is 32.2. The maximum Gasteiger partial charge on any atom is 0.244 e. The normalized spacial score (nSPS) is 17.8. The van der Waals surface area contributed by atoms with Crippen molar-refractivity contribution in [1.82, 2.24) is 20.2 Å². The van der Waals surface area contributed by atoms with Crippen molar-refractivity contribution in [3.63, 3.8) is 0 Å². The van der Waals surface area contributed by atoms with Gasteiger partial charge in [-0.2, -0.15) is 5.10 Å². The molecule has 1 aromatic rings. The second-order valence-electron chi connectivity index (χ2n) is 5.11. The summed E-state index contributed by atoms with van der Waals surface area (Å²) in [6.45, 7) is 2.17. The first-order valence-corrected chi connectivity index (χ1v) is 8.23. The Kier molecular flexibility index (Phi) is 4.59. The van der Waals surface area contributed by atoms with Gasteiger partial charge in [0.1, 0.15) is 4.90 Å². The van der Waals surface area contributed by atoms with E-state index in [1.54, 1.807) is 14.0 Å². The molecule has 0 bridgehead atoms. The third-order valence-corrected chi connectivity index (χ3v) is 5.22. The van der Waals surface area contributed by atoms with E-state index in [-0.39, 0.29) is 6.04 Å². The first-order valence-electron chi connectivity index (χ1n) is 6.75. The molecule has 2 rings (SSSR count). The Bertz CT molecular complexity index is 518. The van der Waals surface area contributed by atoms with Crippen molar-refractivity contribution in [3.8, 4) is 0 Å². The van der Waals surface area contributed by atoms with Gasteiger partial charge in [-0.3, -0.25) is 5.10 Å². The van der Waals surface area contributed by atoms with Crippen molar-refractivity contribution in [2.75, 3.05) is 7.05 Å². The average molecular weight is 286 g/mol. The van der Waals surface area contributed by atoms with Crippen LogP contribution in [-0.4, -0.2) is 31.7 Å². The third-order valence-electron chi connectivity index (χ3n) is 3.50. The van der Waals surface area contributed by atoms with E-state index in [1.165, 1.54) is 6.42 Å². The number of nitrogens with one attached hydrogen (secondary N) is 3. The van der Waals surface area contributed by atoms with E-state index >= 15 is 0 Å². The summed E-state index contributed by atoms with van der Waals surface area (Å²) in [4.78, 5) is 0.299. The second-order valence-corrected chi connectivity index (χ2v) is 6.76. The van der Waals surface area contributed by atoms with Gasteiger partial charge in [0.25, 0.3) is 0 Å². The van der Waals surface area contributed by atoms with Crippen LogP contribution in [0.4, 0.5) is 0 Å². The molecular formula is C12H22N4O2S. The van der Waals surface area contributed by atoms with E-state index in [9.17, 15) is 8.42 Å². The summed E-state index contributed by atoms with van der Waals surface area (Å²) in [5, 5.41) is 9.75. The molecule has 1 saturated carbocycles. The highest BCUT2D eigenvalue weighted by Crippen LogP contribution is 2.22. The van der Waals surface area contributed by atoms with E-state index < -0.39 is 10.0 Å². The predicted octanol–water partition coefficient (Wildman–Crippen LogP) is 1.05. The number of sulfonamides is 1. The Hall–Kier alpha value is -0.920. The highest BCUT2D eigenvalue weighted by Gasteiger charge is 2.27. The third kappa shape index (κ3) is 3.34. The molecule has 0 atom stereocenters. The van der Waals surface area contributed by atoms with Crippen molar-refractivity contribution in [2.45, 2.75) is 56.5 Å². The average Bonchev–Trinajstić information content (AvgIpc) is 2.72. The van der Waals surface area contributed by atoms with Crippen LogP contribution >= 0.6 is 0 Å². The summed E-state index contributed by atoms with van der Waals surface area (Å²) in [6, 6.07) is 0.0653. The quantitative estimate of drug-likeness (QED) is 0.755. The smallest absolute Gasteiger partial charge is 0.244 e. The van der Waals surface area contributed by atoms with Crippen LogP contribution < -0.4 is 10.0 Å². The Morgan fingerprint density at radius 3 is 2.63 bits per heavy atom. The molecule has 0 saturated heterocycles. The molecule has 1 heterocycles. The van der Waals surface area contributed by atoms with E-state index in [1.807, 2.05) is 0 Å². The Morgan fingerprint density at radius 2 is 2.00 bits per heavy atom. The van der Waals surface area contributed by atoms with Crippen molar-refractivity contribution in [3.05, 3.63) is 11.4 Å². The fourth-order valence-corrected chi connectivity index (χ4v) is 4.28. The molecule has 0 radical (unpaired) electrons. The highest BCUT2D eigenvalue weighted by molar-refractivity contribution is 7.89. The molecule has 108 valence electrons. The van der Waals surface area contributed by atoms with Gasteiger partial charge in [-0.1, -0.05) is 19.3 Å². The van der Waals surface area contributed by atoms with Gasteiger partial charge in [0.2, 0.25) is 10.0 Å². The molecular weight excluding hydrogens is 264 g/mol. The molecule has 7 heteroatoms. The summed E-state index contributed by atoms with van der Waals surface area (Å²) in [6.07, 6.45) is 5.25. The molecule has 0 spiro atoms. The lowest BCUT2D eigenvalue weighted by Gasteiger charge is -2.22. The monoisotopic (exact) mass is 286 g/mol. The van der Waals surface area contributed by atoms with Gasteiger partial charge in [-0.05, 0) is 26.8 Å². The standard InChI is InChI=1S/C12H22N4O2S/c1-9-12(11(8-13-2)15-14-9)19(17,18)16-10-6-4-3-5-7-10/h10,13,16H,3-8H2,1-2H3,(H,14,15). The van der Waals surface area contributed by atoms with Gasteiger partial charge in [0, 0.05) is 12.6 Å². The van der Waals surface area contributed by atoms with Crippen LogP contribution in [0, 0.1) is 6.92 Å². The molecule has 6 nitrogen and oxygen atoms in total. The summed E-state index contributed by atoms with van der Waals surface area (Å²) < 4.78 is 27.8. The van der Waals surface area contributed by atoms with Gasteiger partial charge in [0.15, 0.2) is 0 Å². The van der Waals surface area contributed by atoms with E-state index in [4.69, 9.17) is 0 Å². The minimum Gasteiger partial charge on any atom is -0.314 e. The van der Waals surface area contributed by atoms with Crippen LogP contribution in [0.3, 0.4) is 0 Å². The number of nitrogens with zero attached hydrogens (tertiary/aromatic N) is 1. The Labute approximate surface area is 114 Å². The fourth-order valence-electron chi connectivity index (χ4n) is 2.61. The van der Waals surface area contributed by atoms with Gasteiger partial charge in [-0.15, -0.1) is 0 Å². The number of aromatic nitrogens is 2. The number of hydrogen-bond acceptors (Lipinski definition) is 4. The fraction of sp³-hybridized carbons (Fsp3) is 0.750. The maximum atomic E-state index is 12.5. The number of H-pyrrole nitrogens is 1. The molecule has 1 aromatic heterocycles. The molecule has 1 fully saturated rings. The van der Waals surface area contributed by atoms with Crippen LogP contribution in [0.2, 0.25) is 0 Å². The molecule has 0 unspecified atom stereocenters. The van der Waals surface area contributed by atoms with Crippen molar-refractivity contribution >= 4 is 10.0 Å². The molecule has 19 heavy (non-hydrogen) atoms. The molecule has 0 aliphatic heterocycles. The van der Waals surface area contributed by atoms with Crippen LogP contribution in [0.1, 0.15) is 43.5 Å². The summed E-state index contributed by atoms with van der Waals surface area (Å²) >= 11 is 0. The number of aromatic amines is 1. The summed E-state index contributed by atoms with van der Waals surface area (Å²) in [5.41, 5.74) is 1.14. The van der Waals surface area contributed by atoms with E-state index in [2.05, 4.69) is 20.2 Å². The van der Waals surface area contributed by atoms with Crippen LogP contribution in [0.15, 0.2) is 4.90 Å². The molecule has 1 aliphatic carbocycles. The molecule has 0 aromatic carbocycles. The van der Waals surface area contributed by atoms with Crippen molar-refractivity contribution in [2.24, 2.45) is 0 Å². The lowest BCUT2D eigenvalue weighted by Crippen LogP contribution is -2.36. The summed E-state index contributed by atoms with van der Waals surface area (Å²) in [5.74, 6) is 0. The van der Waals surface area contributed by atoms with Gasteiger partial charge in [0.05, 0.1) is 11.4 Å². The largest absolute Gasteiger partial charge is 0.314 e. The Balaban J connectivity index is 2.20. The van der Waals surface area contributed by atoms with Gasteiger partial charge in [-0.25, -0.2) is 13.1 Å². The zero-order valence-corrected chi connectivity index (χ0v) is 12.3. The molecule has 3 N–H and O–H groups in total. The zero-order valence-electron chi connectivity index (χ0n) is 11.5. The minimum absolute atomic E-state index is 0.0653. The lowest BCUT2D eigenvalue weighted by atomic mass is 9.96. The van der Waals surface area contributed by atoms with E-state index in [0.29, 0.717) is 22.8 Å². The van der Waals surface area contributed by atoms with Gasteiger partial charge < -0.3 is 5.32 Å². The van der Waals surface area contributed by atoms with Crippen LogP contribution in [0.25, 0.3) is 0 Å². The first kappa shape index (κ1) is 14.5. The SMILES string of the molecule is CNCc1n[nH]c(C)c1S(=O)(=O)NC1CCCCC1. The first-order chi connectivity index (χ1) is 9.04. The second kappa shape index (κ2) is 6.02. The van der Waals surface area contributed by atoms with Crippen LogP contribution in [-0.2, 0) is 16.6 Å². The topological polar surface area (TPSA) is 86.9 Å². The summed E-state index contributed by atoms with van der Waals surface area (Å²) in [7, 11) is -1.71. The predicted molar refractivity (Wildman–Crippen MR) is 73.3 cm³/mol. The van der Waals surface area contributed by atoms with Gasteiger partial charge >= 0.3 is 0 Å². The van der Waals surface area contributed by atoms with Crippen LogP contribution in [0.5, 0.6) is 0 Å². The number of hydrogen-bond donors (Lipinski definition) is 3. The Morgan fingerprint density at radius 1 is 1.32 bits per heavy atom. The zero-order chi connectivity index (χ0) is 13.9. The van der Waals surface area contributed by atoms with E-state index in [0.717, 1.165) is 25.7 Å². The maximum absolute atomic E-state index is 12.5.